The van der Waals surface area contributed by atoms with Crippen molar-refractivity contribution in [1.29, 1.82) is 0 Å². The van der Waals surface area contributed by atoms with Gasteiger partial charge in [0.2, 0.25) is 5.91 Å². The number of carbonyl (C=O) groups excluding carboxylic acids is 1. The number of amides is 1. The van der Waals surface area contributed by atoms with Crippen LogP contribution in [0.4, 0.5) is 5.69 Å². The van der Waals surface area contributed by atoms with Crippen LogP contribution in [-0.2, 0) is 10.2 Å². The van der Waals surface area contributed by atoms with E-state index in [2.05, 4.69) is 11.9 Å². The van der Waals surface area contributed by atoms with Gasteiger partial charge in [0.05, 0.1) is 5.41 Å². The Bertz CT molecular complexity index is 521. The fraction of sp³-hybridized carbons (Fsp3) is 0.588. The Morgan fingerprint density at radius 3 is 2.57 bits per heavy atom. The second-order valence-electron chi connectivity index (χ2n) is 6.81. The summed E-state index contributed by atoms with van der Waals surface area (Å²) in [5, 5.41) is 0. The molecule has 1 aromatic rings. The number of nitrogens with zero attached hydrogens (tertiary/aromatic N) is 2. The van der Waals surface area contributed by atoms with Crippen LogP contribution in [0.5, 0.6) is 0 Å². The Balaban J connectivity index is 1.68. The van der Waals surface area contributed by atoms with Crippen molar-refractivity contribution >= 4 is 11.6 Å². The van der Waals surface area contributed by atoms with Crippen molar-refractivity contribution in [2.75, 3.05) is 39.5 Å². The minimum Gasteiger partial charge on any atom is -0.399 e. The summed E-state index contributed by atoms with van der Waals surface area (Å²) in [4.78, 5) is 17.2. The SMILES string of the molecule is CN1CCC(CN(C)C(=O)C2(c3ccc(N)cc3)CC2)C1. The molecule has 1 heterocycles. The molecular weight excluding hydrogens is 262 g/mol. The fourth-order valence-electron chi connectivity index (χ4n) is 3.56. The van der Waals surface area contributed by atoms with Gasteiger partial charge in [0, 0.05) is 25.8 Å². The van der Waals surface area contributed by atoms with E-state index in [1.54, 1.807) is 0 Å². The molecule has 21 heavy (non-hydrogen) atoms. The zero-order valence-electron chi connectivity index (χ0n) is 13.0. The molecule has 0 spiro atoms. The van der Waals surface area contributed by atoms with Gasteiger partial charge in [0.25, 0.3) is 0 Å². The van der Waals surface area contributed by atoms with Crippen molar-refractivity contribution in [3.63, 3.8) is 0 Å². The van der Waals surface area contributed by atoms with Gasteiger partial charge >= 0.3 is 0 Å². The number of likely N-dealkylation sites (tertiary alicyclic amines) is 1. The maximum Gasteiger partial charge on any atom is 0.232 e. The van der Waals surface area contributed by atoms with Gasteiger partial charge in [-0.05, 0) is 56.5 Å². The molecule has 1 saturated carbocycles. The zero-order valence-corrected chi connectivity index (χ0v) is 13.0. The third kappa shape index (κ3) is 2.77. The van der Waals surface area contributed by atoms with Crippen molar-refractivity contribution < 1.29 is 4.79 Å². The van der Waals surface area contributed by atoms with Gasteiger partial charge in [0.15, 0.2) is 0 Å². The number of anilines is 1. The largest absolute Gasteiger partial charge is 0.399 e. The molecule has 2 fully saturated rings. The standard InChI is InChI=1S/C17H25N3O/c1-19-10-7-13(11-19)12-20(2)16(21)17(8-9-17)14-3-5-15(18)6-4-14/h3-6,13H,7-12,18H2,1-2H3. The topological polar surface area (TPSA) is 49.6 Å². The highest BCUT2D eigenvalue weighted by Gasteiger charge is 2.52. The lowest BCUT2D eigenvalue weighted by Crippen LogP contribution is -2.39. The van der Waals surface area contributed by atoms with E-state index in [9.17, 15) is 4.79 Å². The average Bonchev–Trinajstić information content (AvgIpc) is 3.17. The summed E-state index contributed by atoms with van der Waals surface area (Å²) < 4.78 is 0. The van der Waals surface area contributed by atoms with Crippen LogP contribution in [-0.4, -0.2) is 49.4 Å². The molecule has 1 unspecified atom stereocenters. The Labute approximate surface area is 126 Å². The quantitative estimate of drug-likeness (QED) is 0.858. The Morgan fingerprint density at radius 1 is 1.38 bits per heavy atom. The lowest BCUT2D eigenvalue weighted by molar-refractivity contribution is -0.133. The highest BCUT2D eigenvalue weighted by atomic mass is 16.2. The first-order valence-electron chi connectivity index (χ1n) is 7.81. The van der Waals surface area contributed by atoms with E-state index < -0.39 is 0 Å². The maximum absolute atomic E-state index is 12.9. The molecule has 3 rings (SSSR count). The van der Waals surface area contributed by atoms with Gasteiger partial charge in [-0.1, -0.05) is 12.1 Å². The van der Waals surface area contributed by atoms with Crippen LogP contribution in [0, 0.1) is 5.92 Å². The first-order valence-corrected chi connectivity index (χ1v) is 7.81. The predicted octanol–water partition coefficient (Wildman–Crippen LogP) is 1.71. The normalized spacial score (nSPS) is 24.0. The van der Waals surface area contributed by atoms with Crippen LogP contribution in [0.2, 0.25) is 0 Å². The van der Waals surface area contributed by atoms with Crippen molar-refractivity contribution in [1.82, 2.24) is 9.80 Å². The summed E-state index contributed by atoms with van der Waals surface area (Å²) >= 11 is 0. The van der Waals surface area contributed by atoms with Crippen molar-refractivity contribution in [3.05, 3.63) is 29.8 Å². The van der Waals surface area contributed by atoms with E-state index in [1.807, 2.05) is 36.2 Å². The number of carbonyl (C=O) groups is 1. The van der Waals surface area contributed by atoms with E-state index in [-0.39, 0.29) is 11.3 Å². The molecule has 0 aromatic heterocycles. The third-order valence-corrected chi connectivity index (χ3v) is 4.99. The van der Waals surface area contributed by atoms with Gasteiger partial charge in [-0.3, -0.25) is 4.79 Å². The van der Waals surface area contributed by atoms with Gasteiger partial charge < -0.3 is 15.5 Å². The molecule has 1 aliphatic carbocycles. The van der Waals surface area contributed by atoms with E-state index in [4.69, 9.17) is 5.73 Å². The summed E-state index contributed by atoms with van der Waals surface area (Å²) in [5.74, 6) is 0.896. The average molecular weight is 287 g/mol. The highest BCUT2D eigenvalue weighted by molar-refractivity contribution is 5.91. The van der Waals surface area contributed by atoms with Crippen molar-refractivity contribution in [3.8, 4) is 0 Å². The summed E-state index contributed by atoms with van der Waals surface area (Å²) in [7, 11) is 4.11. The first-order chi connectivity index (χ1) is 10.0. The molecule has 1 atom stereocenters. The molecule has 2 N–H and O–H groups in total. The minimum absolute atomic E-state index is 0.271. The maximum atomic E-state index is 12.9. The summed E-state index contributed by atoms with van der Waals surface area (Å²) in [6.07, 6.45) is 3.12. The molecule has 4 heteroatoms. The minimum atomic E-state index is -0.271. The number of nitrogen functional groups attached to an aromatic ring is 1. The van der Waals surface area contributed by atoms with E-state index >= 15 is 0 Å². The first kappa shape index (κ1) is 14.4. The van der Waals surface area contributed by atoms with E-state index in [0.29, 0.717) is 5.92 Å². The summed E-state index contributed by atoms with van der Waals surface area (Å²) in [6.45, 7) is 3.13. The van der Waals surface area contributed by atoms with Crippen LogP contribution in [0.25, 0.3) is 0 Å². The van der Waals surface area contributed by atoms with Gasteiger partial charge in [-0.2, -0.15) is 0 Å². The van der Waals surface area contributed by atoms with Crippen LogP contribution in [0.1, 0.15) is 24.8 Å². The Kier molecular flexibility index (Phi) is 3.66. The molecule has 4 nitrogen and oxygen atoms in total. The second kappa shape index (κ2) is 5.34. The van der Waals surface area contributed by atoms with Gasteiger partial charge in [-0.15, -0.1) is 0 Å². The van der Waals surface area contributed by atoms with Crippen LogP contribution < -0.4 is 5.73 Å². The van der Waals surface area contributed by atoms with Crippen molar-refractivity contribution in [2.45, 2.75) is 24.7 Å². The van der Waals surface area contributed by atoms with Crippen molar-refractivity contribution in [2.24, 2.45) is 5.92 Å². The summed E-state index contributed by atoms with van der Waals surface area (Å²) in [6, 6.07) is 7.82. The number of nitrogens with two attached hydrogens (primary N) is 1. The number of hydrogen-bond acceptors (Lipinski definition) is 3. The molecule has 0 radical (unpaired) electrons. The van der Waals surface area contributed by atoms with Crippen LogP contribution in [0.15, 0.2) is 24.3 Å². The van der Waals surface area contributed by atoms with Gasteiger partial charge in [0.1, 0.15) is 0 Å². The number of benzene rings is 1. The lowest BCUT2D eigenvalue weighted by Gasteiger charge is -2.26. The van der Waals surface area contributed by atoms with Gasteiger partial charge in [-0.25, -0.2) is 0 Å². The molecule has 114 valence electrons. The zero-order chi connectivity index (χ0) is 15.0. The van der Waals surface area contributed by atoms with Crippen LogP contribution >= 0.6 is 0 Å². The third-order valence-electron chi connectivity index (χ3n) is 4.99. The van der Waals surface area contributed by atoms with E-state index in [1.165, 1.54) is 6.42 Å². The molecule has 1 amide bonds. The molecule has 1 aromatic carbocycles. The predicted molar refractivity (Wildman–Crippen MR) is 85.0 cm³/mol. The van der Waals surface area contributed by atoms with E-state index in [0.717, 1.165) is 43.7 Å². The molecule has 1 aliphatic heterocycles. The second-order valence-corrected chi connectivity index (χ2v) is 6.81. The Hall–Kier alpha value is -1.55. The summed E-state index contributed by atoms with van der Waals surface area (Å²) in [5.41, 5.74) is 7.35. The smallest absolute Gasteiger partial charge is 0.232 e. The molecule has 0 bridgehead atoms. The highest BCUT2D eigenvalue weighted by Crippen LogP contribution is 2.49. The molecule has 2 aliphatic rings. The monoisotopic (exact) mass is 287 g/mol. The Morgan fingerprint density at radius 2 is 2.05 bits per heavy atom. The number of likely N-dealkylation sites (N-methyl/N-ethyl adjacent to an activating group) is 1. The molecular formula is C17H25N3O. The van der Waals surface area contributed by atoms with Crippen LogP contribution in [0.3, 0.4) is 0 Å². The fourth-order valence-corrected chi connectivity index (χ4v) is 3.56. The molecule has 1 saturated heterocycles. The number of rotatable bonds is 4. The lowest BCUT2D eigenvalue weighted by atomic mass is 9.93. The number of hydrogen-bond donors (Lipinski definition) is 1.